The van der Waals surface area contributed by atoms with Crippen LogP contribution < -0.4 is 15.4 Å². The molecule has 0 spiro atoms. The summed E-state index contributed by atoms with van der Waals surface area (Å²) in [5, 5.41) is 14.8. The third-order valence-electron chi connectivity index (χ3n) is 6.82. The molecular weight excluding hydrogens is 472 g/mol. The number of hydrogen-bond acceptors (Lipinski definition) is 5. The van der Waals surface area contributed by atoms with Gasteiger partial charge in [0.05, 0.1) is 23.0 Å². The second kappa shape index (κ2) is 12.7. The molecule has 0 aromatic heterocycles. The minimum absolute atomic E-state index is 0.0399. The lowest BCUT2D eigenvalue weighted by Gasteiger charge is -2.38. The number of nitrogens with one attached hydrogen (secondary N) is 2. The average Bonchev–Trinajstić information content (AvgIpc) is 2.84. The zero-order chi connectivity index (χ0) is 27.1. The van der Waals surface area contributed by atoms with Crippen molar-refractivity contribution in [2.45, 2.75) is 60.0 Å². The molecule has 0 saturated heterocycles. The molecule has 2 aromatic carbocycles. The Morgan fingerprint density at radius 2 is 1.62 bits per heavy atom. The zero-order valence-electron chi connectivity index (χ0n) is 22.2. The van der Waals surface area contributed by atoms with Gasteiger partial charge in [0.2, 0.25) is 11.8 Å². The van der Waals surface area contributed by atoms with E-state index in [0.717, 1.165) is 12.8 Å². The number of benzene rings is 2. The van der Waals surface area contributed by atoms with Gasteiger partial charge in [-0.1, -0.05) is 47.5 Å². The van der Waals surface area contributed by atoms with E-state index in [1.165, 1.54) is 18.6 Å². The third-order valence-corrected chi connectivity index (χ3v) is 6.82. The van der Waals surface area contributed by atoms with Crippen molar-refractivity contribution in [3.63, 3.8) is 0 Å². The number of carbonyl (C=O) groups excluding carboxylic acids is 2. The highest BCUT2D eigenvalue weighted by atomic mass is 16.5. The third kappa shape index (κ3) is 7.79. The molecule has 3 atom stereocenters. The summed E-state index contributed by atoms with van der Waals surface area (Å²) in [6.45, 7) is 10.1. The van der Waals surface area contributed by atoms with E-state index in [0.29, 0.717) is 40.6 Å². The molecule has 37 heavy (non-hydrogen) atoms. The second-order valence-electron chi connectivity index (χ2n) is 10.4. The van der Waals surface area contributed by atoms with Crippen LogP contribution in [-0.4, -0.2) is 35.6 Å². The lowest BCUT2D eigenvalue weighted by molar-refractivity contribution is -0.126. The highest BCUT2D eigenvalue weighted by Gasteiger charge is 2.33. The van der Waals surface area contributed by atoms with Crippen molar-refractivity contribution in [1.29, 1.82) is 0 Å². The van der Waals surface area contributed by atoms with Crippen molar-refractivity contribution in [1.82, 2.24) is 0 Å². The fourth-order valence-corrected chi connectivity index (χ4v) is 4.92. The largest absolute Gasteiger partial charge is 0.478 e. The van der Waals surface area contributed by atoms with Crippen LogP contribution in [0.3, 0.4) is 0 Å². The number of amides is 2. The van der Waals surface area contributed by atoms with Crippen LogP contribution in [0.25, 0.3) is 0 Å². The van der Waals surface area contributed by atoms with Gasteiger partial charge in [-0.25, -0.2) is 4.79 Å². The first-order valence-corrected chi connectivity index (χ1v) is 12.9. The minimum atomic E-state index is -1.02. The Kier molecular flexibility index (Phi) is 9.69. The van der Waals surface area contributed by atoms with E-state index in [1.807, 2.05) is 0 Å². The molecule has 1 aliphatic carbocycles. The highest BCUT2D eigenvalue weighted by Crippen LogP contribution is 2.37. The van der Waals surface area contributed by atoms with E-state index in [1.54, 1.807) is 44.2 Å². The molecular formula is C29H38N2O6. The van der Waals surface area contributed by atoms with Crippen LogP contribution in [0.15, 0.2) is 42.5 Å². The molecule has 2 aromatic rings. The molecule has 3 rings (SSSR count). The molecule has 0 aliphatic heterocycles. The normalized spacial score (nSPS) is 19.5. The smallest absolute Gasteiger partial charge is 0.335 e. The van der Waals surface area contributed by atoms with Gasteiger partial charge in [0.1, 0.15) is 18.1 Å². The van der Waals surface area contributed by atoms with Crippen molar-refractivity contribution >= 4 is 29.2 Å². The van der Waals surface area contributed by atoms with Gasteiger partial charge in [0.25, 0.3) is 0 Å². The number of carbonyl (C=O) groups is 3. The molecule has 2 amide bonds. The molecule has 1 saturated carbocycles. The van der Waals surface area contributed by atoms with E-state index >= 15 is 0 Å². The van der Waals surface area contributed by atoms with Crippen molar-refractivity contribution in [3.8, 4) is 11.5 Å². The van der Waals surface area contributed by atoms with Gasteiger partial charge in [-0.2, -0.15) is 0 Å². The molecule has 3 N–H and O–H groups in total. The quantitative estimate of drug-likeness (QED) is 0.351. The summed E-state index contributed by atoms with van der Waals surface area (Å²) >= 11 is 0. The lowest BCUT2D eigenvalue weighted by Crippen LogP contribution is -2.38. The maximum atomic E-state index is 12.9. The fourth-order valence-electron chi connectivity index (χ4n) is 4.92. The van der Waals surface area contributed by atoms with Gasteiger partial charge >= 0.3 is 5.97 Å². The summed E-state index contributed by atoms with van der Waals surface area (Å²) in [6, 6.07) is 11.0. The van der Waals surface area contributed by atoms with Gasteiger partial charge in [-0.05, 0) is 60.6 Å². The Balaban J connectivity index is 1.74. The Morgan fingerprint density at radius 3 is 2.24 bits per heavy atom. The number of ether oxygens (including phenoxy) is 2. The molecule has 8 heteroatoms. The van der Waals surface area contributed by atoms with Crippen LogP contribution in [0.1, 0.15) is 64.2 Å². The maximum Gasteiger partial charge on any atom is 0.335 e. The van der Waals surface area contributed by atoms with Crippen molar-refractivity contribution in [3.05, 3.63) is 48.0 Å². The summed E-state index contributed by atoms with van der Waals surface area (Å²) in [5.41, 5.74) is 0.991. The van der Waals surface area contributed by atoms with Crippen LogP contribution in [0.2, 0.25) is 0 Å². The first-order chi connectivity index (χ1) is 17.5. The average molecular weight is 511 g/mol. The maximum absolute atomic E-state index is 12.9. The highest BCUT2D eigenvalue weighted by molar-refractivity contribution is 6.00. The first-order valence-electron chi connectivity index (χ1n) is 12.9. The van der Waals surface area contributed by atoms with Crippen molar-refractivity contribution < 1.29 is 29.0 Å². The monoisotopic (exact) mass is 510 g/mol. The predicted octanol–water partition coefficient (Wildman–Crippen LogP) is 6.19. The van der Waals surface area contributed by atoms with E-state index in [9.17, 15) is 14.4 Å². The SMILES string of the molecule is CC(C)C(=O)Nc1ccc(Oc2ccc(C(=O)O)cc2)cc1NC(=O)COC1CCCC(C)C1C(C)C. The van der Waals surface area contributed by atoms with Crippen LogP contribution in [-0.2, 0) is 14.3 Å². The number of aromatic carboxylic acids is 1. The molecule has 3 unspecified atom stereocenters. The lowest BCUT2D eigenvalue weighted by atomic mass is 9.72. The number of hydrogen-bond donors (Lipinski definition) is 3. The molecule has 8 nitrogen and oxygen atoms in total. The Bertz CT molecular complexity index is 1100. The summed E-state index contributed by atoms with van der Waals surface area (Å²) in [6.07, 6.45) is 3.26. The van der Waals surface area contributed by atoms with Gasteiger partial charge in [0.15, 0.2) is 0 Å². The van der Waals surface area contributed by atoms with Gasteiger partial charge in [-0.3, -0.25) is 9.59 Å². The molecule has 1 aliphatic rings. The van der Waals surface area contributed by atoms with Gasteiger partial charge in [0, 0.05) is 12.0 Å². The summed E-state index contributed by atoms with van der Waals surface area (Å²) in [4.78, 5) is 36.3. The number of anilines is 2. The number of carboxylic acids is 1. The van der Waals surface area contributed by atoms with Crippen LogP contribution in [0.4, 0.5) is 11.4 Å². The van der Waals surface area contributed by atoms with E-state index in [-0.39, 0.29) is 36.0 Å². The summed E-state index contributed by atoms with van der Waals surface area (Å²) < 4.78 is 12.0. The molecule has 0 bridgehead atoms. The Labute approximate surface area is 218 Å². The Hall–Kier alpha value is -3.39. The van der Waals surface area contributed by atoms with Crippen LogP contribution in [0, 0.1) is 23.7 Å². The van der Waals surface area contributed by atoms with E-state index < -0.39 is 5.97 Å². The first kappa shape index (κ1) is 28.2. The van der Waals surface area contributed by atoms with Gasteiger partial charge < -0.3 is 25.2 Å². The van der Waals surface area contributed by atoms with Crippen molar-refractivity contribution in [2.24, 2.45) is 23.7 Å². The summed E-state index contributed by atoms with van der Waals surface area (Å²) in [5.74, 6) is 0.537. The predicted molar refractivity (Wildman–Crippen MR) is 143 cm³/mol. The number of rotatable bonds is 10. The second-order valence-corrected chi connectivity index (χ2v) is 10.4. The topological polar surface area (TPSA) is 114 Å². The zero-order valence-corrected chi connectivity index (χ0v) is 22.2. The summed E-state index contributed by atoms with van der Waals surface area (Å²) in [7, 11) is 0. The molecule has 1 fully saturated rings. The van der Waals surface area contributed by atoms with E-state index in [2.05, 4.69) is 31.4 Å². The molecule has 0 radical (unpaired) electrons. The minimum Gasteiger partial charge on any atom is -0.478 e. The van der Waals surface area contributed by atoms with Crippen molar-refractivity contribution in [2.75, 3.05) is 17.2 Å². The van der Waals surface area contributed by atoms with Gasteiger partial charge in [-0.15, -0.1) is 0 Å². The molecule has 200 valence electrons. The van der Waals surface area contributed by atoms with Crippen LogP contribution >= 0.6 is 0 Å². The standard InChI is InChI=1S/C29H38N2O6/c1-17(2)27-19(5)7-6-8-25(27)36-16-26(32)30-24-15-22(13-14-23(24)31-28(33)18(3)4)37-21-11-9-20(10-12-21)29(34)35/h9-15,17-19,25,27H,6-8,16H2,1-5H3,(H,30,32)(H,31,33)(H,34,35). The van der Waals surface area contributed by atoms with Crippen LogP contribution in [0.5, 0.6) is 11.5 Å². The number of carboxylic acid groups (broad SMARTS) is 1. The Morgan fingerprint density at radius 1 is 0.946 bits per heavy atom. The fraction of sp³-hybridized carbons (Fsp3) is 0.483. The van der Waals surface area contributed by atoms with E-state index in [4.69, 9.17) is 14.6 Å². The molecule has 0 heterocycles.